The molecule has 0 bridgehead atoms. The van der Waals surface area contributed by atoms with E-state index in [0.29, 0.717) is 70.6 Å². The molecule has 4 aromatic carbocycles. The summed E-state index contributed by atoms with van der Waals surface area (Å²) in [5, 5.41) is 17.7. The molecule has 1 spiro atoms. The number of benzene rings is 4. The zero-order valence-electron chi connectivity index (χ0n) is 32.4. The highest BCUT2D eigenvalue weighted by molar-refractivity contribution is 6.72. The van der Waals surface area contributed by atoms with Gasteiger partial charge >= 0.3 is 0 Å². The normalized spacial score (nSPS) is 22.5. The minimum Gasteiger partial charge on any atom is -0.482 e. The molecule has 4 atom stereocenters. The minimum atomic E-state index is -3.51. The Balaban J connectivity index is 1.12. The van der Waals surface area contributed by atoms with Crippen molar-refractivity contribution in [1.29, 1.82) is 0 Å². The molecule has 58 heavy (non-hydrogen) atoms. The monoisotopic (exact) mass is 802 g/mol. The Morgan fingerprint density at radius 3 is 2.16 bits per heavy atom. The molecule has 1 N–H and O–H groups in total. The molecule has 4 aliphatic rings. The third kappa shape index (κ3) is 6.24. The summed E-state index contributed by atoms with van der Waals surface area (Å²) >= 11 is 0. The molecule has 0 unspecified atom stereocenters. The number of aryl methyl sites for hydroxylation is 1. The van der Waals surface area contributed by atoms with Crippen LogP contribution in [0, 0.1) is 5.92 Å². The fourth-order valence-corrected chi connectivity index (χ4v) is 11.8. The smallest absolute Gasteiger partial charge is 0.269 e. The third-order valence-corrected chi connectivity index (χ3v) is 14.2. The number of nitrogens with zero attached hydrogens (tertiary/aromatic N) is 6. The lowest BCUT2D eigenvalue weighted by Crippen LogP contribution is -2.45. The Labute approximate surface area is 335 Å². The summed E-state index contributed by atoms with van der Waals surface area (Å²) in [7, 11) is -3.51. The van der Waals surface area contributed by atoms with Crippen LogP contribution in [0.25, 0.3) is 0 Å². The first-order valence-electron chi connectivity index (χ1n) is 19.5. The number of carbonyl (C=O) groups excluding carboxylic acids is 3. The van der Waals surface area contributed by atoms with Crippen molar-refractivity contribution in [2.75, 3.05) is 34.5 Å². The molecule has 0 saturated carbocycles. The van der Waals surface area contributed by atoms with Crippen LogP contribution >= 0.6 is 0 Å². The van der Waals surface area contributed by atoms with E-state index in [1.165, 1.54) is 0 Å². The molecule has 5 aromatic rings. The highest BCUT2D eigenvalue weighted by Crippen LogP contribution is 2.61. The molecular weight excluding hydrogens is 760 g/mol. The topological polar surface area (TPSA) is 140 Å². The van der Waals surface area contributed by atoms with Gasteiger partial charge in [0.15, 0.2) is 18.8 Å². The fourth-order valence-electron chi connectivity index (χ4n) is 9.28. The van der Waals surface area contributed by atoms with E-state index in [9.17, 15) is 14.7 Å². The number of fused-ring (bicyclic) bond motifs is 4. The lowest BCUT2D eigenvalue weighted by molar-refractivity contribution is -0.146. The minimum absolute atomic E-state index is 0.0561. The van der Waals surface area contributed by atoms with E-state index < -0.39 is 31.6 Å². The molecule has 13 nitrogen and oxygen atoms in total. The van der Waals surface area contributed by atoms with Gasteiger partial charge in [-0.05, 0) is 79.7 Å². The zero-order chi connectivity index (χ0) is 40.3. The van der Waals surface area contributed by atoms with Gasteiger partial charge in [0.1, 0.15) is 11.5 Å². The number of amides is 3. The van der Waals surface area contributed by atoms with Gasteiger partial charge in [0.2, 0.25) is 8.41 Å². The van der Waals surface area contributed by atoms with Crippen molar-refractivity contribution < 1.29 is 37.8 Å². The van der Waals surface area contributed by atoms with Crippen LogP contribution in [-0.2, 0) is 44.2 Å². The van der Waals surface area contributed by atoms with Crippen molar-refractivity contribution in [3.05, 3.63) is 114 Å². The van der Waals surface area contributed by atoms with Crippen molar-refractivity contribution in [3.8, 4) is 11.5 Å². The molecule has 1 fully saturated rings. The molecule has 15 heteroatoms. The van der Waals surface area contributed by atoms with E-state index in [1.807, 2.05) is 91.9 Å². The number of aliphatic hydroxyl groups is 1. The van der Waals surface area contributed by atoms with Gasteiger partial charge < -0.3 is 28.3 Å². The second-order valence-electron chi connectivity index (χ2n) is 15.7. The number of para-hydroxylation sites is 4. The van der Waals surface area contributed by atoms with Gasteiger partial charge in [-0.2, -0.15) is 0 Å². The van der Waals surface area contributed by atoms with E-state index in [0.717, 1.165) is 5.56 Å². The lowest BCUT2D eigenvalue weighted by atomic mass is 9.82. The van der Waals surface area contributed by atoms with Gasteiger partial charge in [0.25, 0.3) is 17.7 Å². The van der Waals surface area contributed by atoms with Crippen LogP contribution in [0.3, 0.4) is 0 Å². The highest BCUT2D eigenvalue weighted by Gasteiger charge is 2.66. The maximum absolute atomic E-state index is 16.7. The fraction of sp³-hybridized carbons (Fsp3) is 0.326. The van der Waals surface area contributed by atoms with E-state index in [1.54, 1.807) is 44.7 Å². The van der Waals surface area contributed by atoms with Crippen LogP contribution in [0.4, 0.5) is 32.5 Å². The van der Waals surface area contributed by atoms with Gasteiger partial charge in [-0.1, -0.05) is 48.5 Å². The number of hydrogen-bond donors (Lipinski definition) is 1. The number of carbonyl (C=O) groups is 3. The zero-order valence-corrected chi connectivity index (χ0v) is 33.4. The Kier molecular flexibility index (Phi) is 9.40. The van der Waals surface area contributed by atoms with E-state index in [4.69, 9.17) is 14.2 Å². The SMILES string of the molecule is C[C@@H]1[C@@H]([Si](C)(C)F)[C@H](CCn2cc(CCO)nn2)O[C@@]12C(=O)N(Cc1cccc(N3C(=O)COc4ccccc43)c1)c1ccc(N3C(=O)COc4ccccc43)cc12. The number of aliphatic hydroxyl groups excluding tert-OH is 1. The van der Waals surface area contributed by atoms with Crippen LogP contribution in [0.2, 0.25) is 18.6 Å². The van der Waals surface area contributed by atoms with E-state index in [-0.39, 0.29) is 44.1 Å². The molecule has 1 saturated heterocycles. The predicted molar refractivity (Wildman–Crippen MR) is 216 cm³/mol. The van der Waals surface area contributed by atoms with Gasteiger partial charge in [0.05, 0.1) is 35.4 Å². The maximum atomic E-state index is 16.7. The number of rotatable bonds is 10. The summed E-state index contributed by atoms with van der Waals surface area (Å²) in [6.45, 7) is 5.41. The van der Waals surface area contributed by atoms with Gasteiger partial charge in [-0.15, -0.1) is 5.10 Å². The number of ether oxygens (including phenoxy) is 3. The lowest BCUT2D eigenvalue weighted by Gasteiger charge is -2.32. The number of anilines is 5. The summed E-state index contributed by atoms with van der Waals surface area (Å²) < 4.78 is 36.9. The Morgan fingerprint density at radius 1 is 0.845 bits per heavy atom. The van der Waals surface area contributed by atoms with Crippen LogP contribution < -0.4 is 24.2 Å². The summed E-state index contributed by atoms with van der Waals surface area (Å²) in [5.41, 5.74) is 2.77. The third-order valence-electron chi connectivity index (χ3n) is 11.7. The first-order valence-corrected chi connectivity index (χ1v) is 22.4. The average molecular weight is 803 g/mol. The van der Waals surface area contributed by atoms with Crippen molar-refractivity contribution >= 4 is 54.6 Å². The van der Waals surface area contributed by atoms with Crippen molar-refractivity contribution in [2.24, 2.45) is 5.92 Å². The second kappa shape index (κ2) is 14.5. The molecule has 9 rings (SSSR count). The number of halogens is 1. The van der Waals surface area contributed by atoms with E-state index in [2.05, 4.69) is 10.3 Å². The van der Waals surface area contributed by atoms with Crippen LogP contribution in [0.15, 0.2) is 97.2 Å². The van der Waals surface area contributed by atoms with Gasteiger partial charge in [-0.25, -0.2) is 0 Å². The number of aromatic nitrogens is 3. The summed E-state index contributed by atoms with van der Waals surface area (Å²) in [6, 6.07) is 27.6. The summed E-state index contributed by atoms with van der Waals surface area (Å²) in [6.07, 6.45) is 1.85. The Bertz CT molecular complexity index is 2440. The van der Waals surface area contributed by atoms with Crippen LogP contribution in [-0.4, -0.2) is 72.2 Å². The number of hydrogen-bond acceptors (Lipinski definition) is 9. The average Bonchev–Trinajstić information content (AvgIpc) is 3.86. The first-order chi connectivity index (χ1) is 28.0. The molecule has 298 valence electrons. The van der Waals surface area contributed by atoms with Crippen LogP contribution in [0.5, 0.6) is 11.5 Å². The predicted octanol–water partition coefficient (Wildman–Crippen LogP) is 6.34. The molecule has 3 amide bonds. The molecule has 0 aliphatic carbocycles. The largest absolute Gasteiger partial charge is 0.482 e. The Morgan fingerprint density at radius 2 is 1.50 bits per heavy atom. The maximum Gasteiger partial charge on any atom is 0.269 e. The Hall–Kier alpha value is -5.90. The van der Waals surface area contributed by atoms with Gasteiger partial charge in [0, 0.05) is 54.2 Å². The van der Waals surface area contributed by atoms with Crippen LogP contribution in [0.1, 0.15) is 30.2 Å². The summed E-state index contributed by atoms with van der Waals surface area (Å²) in [5.74, 6) is -0.244. The molecule has 5 heterocycles. The molecule has 0 radical (unpaired) electrons. The second-order valence-corrected chi connectivity index (χ2v) is 19.5. The quantitative estimate of drug-likeness (QED) is 0.127. The standard InChI is InChI=1S/C43H43FN6O7Si/c1-27-41(58(2,3)44)38(17-19-47-24-29(18-20-51)45-46-47)57-43(27)32-22-31(50-35-12-5-7-14-37(35)56-26-40(50)53)15-16-33(32)48(42(43)54)23-28-9-8-10-30(21-28)49-34-11-4-6-13-36(34)55-25-39(49)52/h4-16,21-22,24,27,38,41,51H,17-20,23,25-26H2,1-3H3/t27-,38+,41-,43+/m1/s1. The van der Waals surface area contributed by atoms with Crippen molar-refractivity contribution in [1.82, 2.24) is 15.0 Å². The van der Waals surface area contributed by atoms with Crippen molar-refractivity contribution in [2.45, 2.75) is 63.2 Å². The molecular formula is C43H43FN6O7Si. The van der Waals surface area contributed by atoms with E-state index >= 15 is 8.90 Å². The summed E-state index contributed by atoms with van der Waals surface area (Å²) in [4.78, 5) is 47.1. The van der Waals surface area contributed by atoms with Gasteiger partial charge in [-0.3, -0.25) is 28.9 Å². The highest BCUT2D eigenvalue weighted by atomic mass is 28.4. The first kappa shape index (κ1) is 37.7. The molecule has 4 aliphatic heterocycles. The van der Waals surface area contributed by atoms with Crippen molar-refractivity contribution in [3.63, 3.8) is 0 Å². The molecule has 1 aromatic heterocycles.